The largest absolute Gasteiger partial charge is 0.393 e. The Morgan fingerprint density at radius 2 is 1.80 bits per heavy atom. The minimum absolute atomic E-state index is 0.152. The molecular weight excluding hydrogens is 246 g/mol. The topological polar surface area (TPSA) is 23.5 Å². The van der Waals surface area contributed by atoms with E-state index in [4.69, 9.17) is 0 Å². The lowest BCUT2D eigenvalue weighted by Crippen LogP contribution is -2.25. The molecule has 2 nitrogen and oxygen atoms in total. The summed E-state index contributed by atoms with van der Waals surface area (Å²) in [5, 5.41) is 12.3. The maximum Gasteiger partial charge on any atom is 0.0538 e. The second-order valence-corrected chi connectivity index (χ2v) is 5.28. The minimum Gasteiger partial charge on any atom is -0.393 e. The van der Waals surface area contributed by atoms with E-state index in [2.05, 4.69) is 54.3 Å². The lowest BCUT2D eigenvalue weighted by Gasteiger charge is -2.25. The van der Waals surface area contributed by atoms with Crippen LogP contribution >= 0.6 is 0 Å². The molecule has 108 valence electrons. The number of nitrogens with zero attached hydrogens (tertiary/aromatic N) is 1. The van der Waals surface area contributed by atoms with Crippen LogP contribution in [0.5, 0.6) is 0 Å². The van der Waals surface area contributed by atoms with E-state index in [-0.39, 0.29) is 6.10 Å². The summed E-state index contributed by atoms with van der Waals surface area (Å²) in [5.74, 6) is 0. The molecule has 0 saturated carbocycles. The van der Waals surface area contributed by atoms with Crippen LogP contribution in [0.15, 0.2) is 42.5 Å². The van der Waals surface area contributed by atoms with E-state index in [1.807, 2.05) is 6.92 Å². The Morgan fingerprint density at radius 3 is 2.55 bits per heavy atom. The molecule has 2 aromatic rings. The maximum atomic E-state index is 9.67. The predicted octanol–water partition coefficient (Wildman–Crippen LogP) is 4.22. The molecule has 0 aliphatic heterocycles. The molecule has 0 aromatic heterocycles. The van der Waals surface area contributed by atoms with E-state index in [1.54, 1.807) is 0 Å². The van der Waals surface area contributed by atoms with Crippen LogP contribution in [-0.4, -0.2) is 24.3 Å². The molecule has 0 aliphatic rings. The SMILES string of the molecule is CCC(O)CCCN(CC)c1cccc2ccccc12. The third-order valence-electron chi connectivity index (χ3n) is 3.93. The van der Waals surface area contributed by atoms with E-state index in [1.165, 1.54) is 16.5 Å². The number of benzene rings is 2. The summed E-state index contributed by atoms with van der Waals surface area (Å²) in [6.07, 6.45) is 2.62. The molecule has 0 heterocycles. The number of hydrogen-bond donors (Lipinski definition) is 1. The van der Waals surface area contributed by atoms with Crippen molar-refractivity contribution in [2.75, 3.05) is 18.0 Å². The highest BCUT2D eigenvalue weighted by molar-refractivity contribution is 5.94. The average Bonchev–Trinajstić information content (AvgIpc) is 2.51. The lowest BCUT2D eigenvalue weighted by atomic mass is 10.1. The first-order valence-corrected chi connectivity index (χ1v) is 7.67. The van der Waals surface area contributed by atoms with Gasteiger partial charge >= 0.3 is 0 Å². The number of aliphatic hydroxyl groups is 1. The number of aliphatic hydroxyl groups excluding tert-OH is 1. The molecule has 0 amide bonds. The molecule has 1 atom stereocenters. The lowest BCUT2D eigenvalue weighted by molar-refractivity contribution is 0.158. The molecule has 0 saturated heterocycles. The summed E-state index contributed by atoms with van der Waals surface area (Å²) in [6, 6.07) is 15.0. The zero-order valence-corrected chi connectivity index (χ0v) is 12.5. The summed E-state index contributed by atoms with van der Waals surface area (Å²) in [7, 11) is 0. The zero-order valence-electron chi connectivity index (χ0n) is 12.5. The predicted molar refractivity (Wildman–Crippen MR) is 87.4 cm³/mol. The van der Waals surface area contributed by atoms with Gasteiger partial charge in [-0.25, -0.2) is 0 Å². The fourth-order valence-electron chi connectivity index (χ4n) is 2.65. The fraction of sp³-hybridized carbons (Fsp3) is 0.444. The molecule has 1 unspecified atom stereocenters. The maximum absolute atomic E-state index is 9.67. The van der Waals surface area contributed by atoms with E-state index in [0.717, 1.165) is 32.4 Å². The first kappa shape index (κ1) is 14.9. The Balaban J connectivity index is 2.13. The highest BCUT2D eigenvalue weighted by atomic mass is 16.3. The Kier molecular flexibility index (Phi) is 5.42. The van der Waals surface area contributed by atoms with Crippen LogP contribution in [0, 0.1) is 0 Å². The summed E-state index contributed by atoms with van der Waals surface area (Å²) in [5.41, 5.74) is 1.30. The van der Waals surface area contributed by atoms with Gasteiger partial charge in [0.2, 0.25) is 0 Å². The first-order chi connectivity index (χ1) is 9.76. The molecule has 0 aliphatic carbocycles. The normalized spacial score (nSPS) is 12.6. The van der Waals surface area contributed by atoms with Crippen LogP contribution in [0.25, 0.3) is 10.8 Å². The molecule has 1 N–H and O–H groups in total. The number of rotatable bonds is 7. The van der Waals surface area contributed by atoms with Crippen molar-refractivity contribution in [3.05, 3.63) is 42.5 Å². The van der Waals surface area contributed by atoms with E-state index in [0.29, 0.717) is 0 Å². The van der Waals surface area contributed by atoms with Crippen LogP contribution in [0.1, 0.15) is 33.1 Å². The number of hydrogen-bond acceptors (Lipinski definition) is 2. The van der Waals surface area contributed by atoms with Crippen molar-refractivity contribution in [3.63, 3.8) is 0 Å². The second kappa shape index (κ2) is 7.30. The third-order valence-corrected chi connectivity index (χ3v) is 3.93. The molecule has 2 rings (SSSR count). The quantitative estimate of drug-likeness (QED) is 0.815. The van der Waals surface area contributed by atoms with E-state index >= 15 is 0 Å². The van der Waals surface area contributed by atoms with Gasteiger partial charge in [0.1, 0.15) is 0 Å². The van der Waals surface area contributed by atoms with E-state index < -0.39 is 0 Å². The molecular formula is C18H25NO. The standard InChI is InChI=1S/C18H25NO/c1-3-16(20)11-8-14-19(4-2)18-13-7-10-15-9-5-6-12-17(15)18/h5-7,9-10,12-13,16,20H,3-4,8,11,14H2,1-2H3. The summed E-state index contributed by atoms with van der Waals surface area (Å²) in [6.45, 7) is 6.22. The fourth-order valence-corrected chi connectivity index (χ4v) is 2.65. The van der Waals surface area contributed by atoms with Crippen molar-refractivity contribution in [2.45, 2.75) is 39.2 Å². The number of fused-ring (bicyclic) bond motifs is 1. The van der Waals surface area contributed by atoms with Gasteiger partial charge in [-0.3, -0.25) is 0 Å². The molecule has 0 radical (unpaired) electrons. The smallest absolute Gasteiger partial charge is 0.0538 e. The molecule has 0 fully saturated rings. The van der Waals surface area contributed by atoms with Crippen LogP contribution in [-0.2, 0) is 0 Å². The zero-order chi connectivity index (χ0) is 14.4. The molecule has 2 heteroatoms. The van der Waals surface area contributed by atoms with Crippen molar-refractivity contribution in [1.29, 1.82) is 0 Å². The highest BCUT2D eigenvalue weighted by Gasteiger charge is 2.09. The van der Waals surface area contributed by atoms with Crippen molar-refractivity contribution < 1.29 is 5.11 Å². The molecule has 20 heavy (non-hydrogen) atoms. The van der Waals surface area contributed by atoms with Gasteiger partial charge in [0.05, 0.1) is 6.10 Å². The Morgan fingerprint density at radius 1 is 1.05 bits per heavy atom. The van der Waals surface area contributed by atoms with Gasteiger partial charge in [0, 0.05) is 24.2 Å². The van der Waals surface area contributed by atoms with Crippen LogP contribution in [0.4, 0.5) is 5.69 Å². The van der Waals surface area contributed by atoms with Crippen molar-refractivity contribution >= 4 is 16.5 Å². The third kappa shape index (κ3) is 3.51. The van der Waals surface area contributed by atoms with Gasteiger partial charge in [0.25, 0.3) is 0 Å². The van der Waals surface area contributed by atoms with Crippen LogP contribution in [0.3, 0.4) is 0 Å². The minimum atomic E-state index is -0.152. The Hall–Kier alpha value is -1.54. The Bertz CT molecular complexity index is 532. The Labute approximate surface area is 122 Å². The highest BCUT2D eigenvalue weighted by Crippen LogP contribution is 2.26. The molecule has 2 aromatic carbocycles. The summed E-state index contributed by atoms with van der Waals surface area (Å²) < 4.78 is 0. The summed E-state index contributed by atoms with van der Waals surface area (Å²) >= 11 is 0. The summed E-state index contributed by atoms with van der Waals surface area (Å²) in [4.78, 5) is 2.41. The van der Waals surface area contributed by atoms with Gasteiger partial charge < -0.3 is 10.0 Å². The second-order valence-electron chi connectivity index (χ2n) is 5.28. The number of anilines is 1. The van der Waals surface area contributed by atoms with Gasteiger partial charge in [-0.1, -0.05) is 43.3 Å². The van der Waals surface area contributed by atoms with Gasteiger partial charge in [-0.15, -0.1) is 0 Å². The van der Waals surface area contributed by atoms with Crippen molar-refractivity contribution in [3.8, 4) is 0 Å². The van der Waals surface area contributed by atoms with Crippen LogP contribution in [0.2, 0.25) is 0 Å². The van der Waals surface area contributed by atoms with Gasteiger partial charge in [0.15, 0.2) is 0 Å². The van der Waals surface area contributed by atoms with E-state index in [9.17, 15) is 5.11 Å². The monoisotopic (exact) mass is 271 g/mol. The van der Waals surface area contributed by atoms with Gasteiger partial charge in [-0.2, -0.15) is 0 Å². The molecule has 0 spiro atoms. The van der Waals surface area contributed by atoms with Crippen molar-refractivity contribution in [2.24, 2.45) is 0 Å². The molecule has 0 bridgehead atoms. The van der Waals surface area contributed by atoms with Crippen LogP contribution < -0.4 is 4.90 Å². The van der Waals surface area contributed by atoms with Crippen molar-refractivity contribution in [1.82, 2.24) is 0 Å². The van der Waals surface area contributed by atoms with Gasteiger partial charge in [-0.05, 0) is 37.6 Å². The first-order valence-electron chi connectivity index (χ1n) is 7.67. The average molecular weight is 271 g/mol.